The van der Waals surface area contributed by atoms with Gasteiger partial charge in [-0.3, -0.25) is 0 Å². The van der Waals surface area contributed by atoms with Crippen molar-refractivity contribution in [3.05, 3.63) is 0 Å². The highest BCUT2D eigenvalue weighted by Gasteiger charge is 2.18. The topological polar surface area (TPSA) is 21.3 Å². The van der Waals surface area contributed by atoms with Gasteiger partial charge in [-0.2, -0.15) is 0 Å². The Balaban J connectivity index is 2.02. The minimum absolute atomic E-state index is 0.528. The van der Waals surface area contributed by atoms with Gasteiger partial charge in [-0.1, -0.05) is 33.6 Å². The molecule has 0 radical (unpaired) electrons. The first-order valence-electron chi connectivity index (χ1n) is 6.94. The fourth-order valence-corrected chi connectivity index (χ4v) is 2.28. The Labute approximate surface area is 101 Å². The van der Waals surface area contributed by atoms with E-state index in [0.29, 0.717) is 18.1 Å². The van der Waals surface area contributed by atoms with Crippen molar-refractivity contribution in [1.29, 1.82) is 0 Å². The Morgan fingerprint density at radius 3 is 2.62 bits per heavy atom. The minimum atomic E-state index is 0.528. The van der Waals surface area contributed by atoms with Gasteiger partial charge in [-0.25, -0.2) is 0 Å². The molecule has 1 rings (SSSR count). The van der Waals surface area contributed by atoms with E-state index in [9.17, 15) is 0 Å². The van der Waals surface area contributed by atoms with E-state index < -0.39 is 0 Å². The van der Waals surface area contributed by atoms with Gasteiger partial charge in [0.25, 0.3) is 0 Å². The van der Waals surface area contributed by atoms with Crippen LogP contribution in [0.3, 0.4) is 0 Å². The third-order valence-electron chi connectivity index (χ3n) is 3.81. The number of rotatable bonds is 6. The molecular weight excluding hydrogens is 198 g/mol. The van der Waals surface area contributed by atoms with Crippen molar-refractivity contribution < 1.29 is 4.74 Å². The van der Waals surface area contributed by atoms with Gasteiger partial charge in [0.15, 0.2) is 0 Å². The number of hydrogen-bond acceptors (Lipinski definition) is 2. The molecule has 0 saturated heterocycles. The molecule has 0 amide bonds. The molecule has 1 aliphatic carbocycles. The summed E-state index contributed by atoms with van der Waals surface area (Å²) >= 11 is 0. The SMILES string of the molecule is CC1CCCC(OCCNC(C)C(C)C)C1. The first-order valence-corrected chi connectivity index (χ1v) is 6.94. The Morgan fingerprint density at radius 1 is 1.25 bits per heavy atom. The summed E-state index contributed by atoms with van der Waals surface area (Å²) in [7, 11) is 0. The van der Waals surface area contributed by atoms with E-state index >= 15 is 0 Å². The molecule has 1 aliphatic rings. The predicted octanol–water partition coefficient (Wildman–Crippen LogP) is 3.22. The minimum Gasteiger partial charge on any atom is -0.377 e. The molecule has 0 aromatic heterocycles. The van der Waals surface area contributed by atoms with Gasteiger partial charge in [0, 0.05) is 12.6 Å². The number of hydrogen-bond donors (Lipinski definition) is 1. The lowest BCUT2D eigenvalue weighted by molar-refractivity contribution is 0.0163. The highest BCUT2D eigenvalue weighted by Crippen LogP contribution is 2.25. The summed E-state index contributed by atoms with van der Waals surface area (Å²) in [4.78, 5) is 0. The highest BCUT2D eigenvalue weighted by atomic mass is 16.5. The second kappa shape index (κ2) is 7.29. The lowest BCUT2D eigenvalue weighted by atomic mass is 9.89. The molecule has 0 aliphatic heterocycles. The first-order chi connectivity index (χ1) is 7.59. The first kappa shape index (κ1) is 14.0. The van der Waals surface area contributed by atoms with Crippen LogP contribution in [0.5, 0.6) is 0 Å². The maximum absolute atomic E-state index is 5.92. The average molecular weight is 227 g/mol. The Hall–Kier alpha value is -0.0800. The van der Waals surface area contributed by atoms with Gasteiger partial charge in [0.1, 0.15) is 0 Å². The molecule has 0 bridgehead atoms. The normalized spacial score (nSPS) is 28.3. The van der Waals surface area contributed by atoms with E-state index in [-0.39, 0.29) is 0 Å². The summed E-state index contributed by atoms with van der Waals surface area (Å²) in [6.07, 6.45) is 5.80. The molecule has 1 fully saturated rings. The fourth-order valence-electron chi connectivity index (χ4n) is 2.28. The van der Waals surface area contributed by atoms with Crippen molar-refractivity contribution in [3.63, 3.8) is 0 Å². The molecule has 0 aromatic rings. The van der Waals surface area contributed by atoms with E-state index in [1.165, 1.54) is 25.7 Å². The van der Waals surface area contributed by atoms with E-state index in [0.717, 1.165) is 19.1 Å². The summed E-state index contributed by atoms with van der Waals surface area (Å²) in [5, 5.41) is 3.51. The average Bonchev–Trinajstić information content (AvgIpc) is 2.24. The predicted molar refractivity (Wildman–Crippen MR) is 69.7 cm³/mol. The van der Waals surface area contributed by atoms with Crippen molar-refractivity contribution in [1.82, 2.24) is 5.32 Å². The van der Waals surface area contributed by atoms with Crippen molar-refractivity contribution in [2.24, 2.45) is 11.8 Å². The molecule has 1 saturated carbocycles. The van der Waals surface area contributed by atoms with Crippen LogP contribution in [0.15, 0.2) is 0 Å². The van der Waals surface area contributed by atoms with Crippen LogP contribution in [0.1, 0.15) is 53.4 Å². The van der Waals surface area contributed by atoms with Crippen LogP contribution >= 0.6 is 0 Å². The molecule has 0 heterocycles. The van der Waals surface area contributed by atoms with Crippen molar-refractivity contribution in [3.8, 4) is 0 Å². The van der Waals surface area contributed by atoms with Crippen LogP contribution in [0.25, 0.3) is 0 Å². The van der Waals surface area contributed by atoms with E-state index in [2.05, 4.69) is 33.0 Å². The summed E-state index contributed by atoms with van der Waals surface area (Å²) in [5.41, 5.74) is 0. The smallest absolute Gasteiger partial charge is 0.0594 e. The third-order valence-corrected chi connectivity index (χ3v) is 3.81. The molecule has 2 heteroatoms. The zero-order chi connectivity index (χ0) is 12.0. The molecule has 1 N–H and O–H groups in total. The fraction of sp³-hybridized carbons (Fsp3) is 1.00. The molecular formula is C14H29NO. The lowest BCUT2D eigenvalue weighted by Gasteiger charge is -2.27. The maximum atomic E-state index is 5.92. The van der Waals surface area contributed by atoms with Gasteiger partial charge in [0.05, 0.1) is 12.7 Å². The Morgan fingerprint density at radius 2 is 2.00 bits per heavy atom. The van der Waals surface area contributed by atoms with Crippen LogP contribution in [0, 0.1) is 11.8 Å². The van der Waals surface area contributed by atoms with Gasteiger partial charge < -0.3 is 10.1 Å². The Bertz CT molecular complexity index is 182. The van der Waals surface area contributed by atoms with Crippen LogP contribution in [0.4, 0.5) is 0 Å². The van der Waals surface area contributed by atoms with Crippen molar-refractivity contribution in [2.45, 2.75) is 65.5 Å². The summed E-state index contributed by atoms with van der Waals surface area (Å²) in [5.74, 6) is 1.57. The highest BCUT2D eigenvalue weighted by molar-refractivity contribution is 4.71. The van der Waals surface area contributed by atoms with Gasteiger partial charge in [0.2, 0.25) is 0 Å². The largest absolute Gasteiger partial charge is 0.377 e. The maximum Gasteiger partial charge on any atom is 0.0594 e. The van der Waals surface area contributed by atoms with Gasteiger partial charge in [-0.05, 0) is 31.6 Å². The standard InChI is InChI=1S/C14H29NO/c1-11(2)13(4)15-8-9-16-14-7-5-6-12(3)10-14/h11-15H,5-10H2,1-4H3. The van der Waals surface area contributed by atoms with E-state index in [1.54, 1.807) is 0 Å². The van der Waals surface area contributed by atoms with Crippen LogP contribution in [-0.4, -0.2) is 25.3 Å². The summed E-state index contributed by atoms with van der Waals surface area (Å²) in [6.45, 7) is 10.9. The van der Waals surface area contributed by atoms with Crippen LogP contribution in [-0.2, 0) is 4.74 Å². The van der Waals surface area contributed by atoms with Gasteiger partial charge >= 0.3 is 0 Å². The molecule has 0 aromatic carbocycles. The molecule has 3 atom stereocenters. The Kier molecular flexibility index (Phi) is 6.37. The molecule has 0 spiro atoms. The van der Waals surface area contributed by atoms with Crippen molar-refractivity contribution in [2.75, 3.05) is 13.2 Å². The molecule has 16 heavy (non-hydrogen) atoms. The lowest BCUT2D eigenvalue weighted by Crippen LogP contribution is -2.34. The second-order valence-corrected chi connectivity index (χ2v) is 5.75. The van der Waals surface area contributed by atoms with Crippen LogP contribution in [0.2, 0.25) is 0 Å². The van der Waals surface area contributed by atoms with Gasteiger partial charge in [-0.15, -0.1) is 0 Å². The zero-order valence-corrected chi connectivity index (χ0v) is 11.5. The van der Waals surface area contributed by atoms with E-state index in [4.69, 9.17) is 4.74 Å². The zero-order valence-electron chi connectivity index (χ0n) is 11.5. The number of nitrogens with one attached hydrogen (secondary N) is 1. The summed E-state index contributed by atoms with van der Waals surface area (Å²) < 4.78 is 5.92. The monoisotopic (exact) mass is 227 g/mol. The summed E-state index contributed by atoms with van der Waals surface area (Å²) in [6, 6.07) is 0.592. The third kappa shape index (κ3) is 5.31. The molecule has 3 unspecified atom stereocenters. The molecule has 2 nitrogen and oxygen atoms in total. The second-order valence-electron chi connectivity index (χ2n) is 5.75. The molecule has 96 valence electrons. The quantitative estimate of drug-likeness (QED) is 0.704. The van der Waals surface area contributed by atoms with Crippen molar-refractivity contribution >= 4 is 0 Å². The number of ether oxygens (including phenoxy) is 1. The van der Waals surface area contributed by atoms with E-state index in [1.807, 2.05) is 0 Å². The van der Waals surface area contributed by atoms with Crippen LogP contribution < -0.4 is 5.32 Å².